The average Bonchev–Trinajstić information content (AvgIpc) is 3.44. The third-order valence-electron chi connectivity index (χ3n) is 7.56. The third-order valence-corrected chi connectivity index (χ3v) is 7.56. The predicted octanol–water partition coefficient (Wildman–Crippen LogP) is 2.63. The zero-order valence-corrected chi connectivity index (χ0v) is 21.8. The highest BCUT2D eigenvalue weighted by molar-refractivity contribution is 6.01. The Balaban J connectivity index is 1.47. The summed E-state index contributed by atoms with van der Waals surface area (Å²) in [5.41, 5.74) is 1.46. The lowest BCUT2D eigenvalue weighted by Gasteiger charge is -2.30. The van der Waals surface area contributed by atoms with E-state index in [2.05, 4.69) is 11.4 Å². The van der Waals surface area contributed by atoms with Gasteiger partial charge in [-0.3, -0.25) is 19.2 Å². The molecule has 4 rings (SSSR count). The van der Waals surface area contributed by atoms with E-state index >= 15 is 0 Å². The van der Waals surface area contributed by atoms with Crippen LogP contribution in [-0.2, 0) is 14.4 Å². The molecule has 0 radical (unpaired) electrons. The van der Waals surface area contributed by atoms with Crippen molar-refractivity contribution in [2.45, 2.75) is 64.1 Å². The second kappa shape index (κ2) is 10.8. The maximum atomic E-state index is 13.7. The number of nitrogens with zero attached hydrogens (tertiary/aromatic N) is 3. The molecule has 1 aromatic carbocycles. The number of likely N-dealkylation sites (tertiary alicyclic amines) is 2. The fraction of sp³-hybridized carbons (Fsp3) is 0.571. The van der Waals surface area contributed by atoms with E-state index in [1.54, 1.807) is 21.9 Å². The van der Waals surface area contributed by atoms with Crippen molar-refractivity contribution in [3.8, 4) is 0 Å². The summed E-state index contributed by atoms with van der Waals surface area (Å²) in [5.74, 6) is -0.515. The average molecular weight is 495 g/mol. The Kier molecular flexibility index (Phi) is 7.81. The normalized spacial score (nSPS) is 24.1. The van der Waals surface area contributed by atoms with Gasteiger partial charge >= 0.3 is 0 Å². The number of fused-ring (bicyclic) bond motifs is 1. The monoisotopic (exact) mass is 494 g/mol. The fourth-order valence-corrected chi connectivity index (χ4v) is 5.66. The van der Waals surface area contributed by atoms with E-state index in [4.69, 9.17) is 0 Å². The number of Topliss-reactive ketones (excluding diaryl/α,β-unsaturated/α-hetero) is 1. The van der Waals surface area contributed by atoms with Crippen LogP contribution < -0.4 is 10.2 Å². The smallest absolute Gasteiger partial charge is 0.251 e. The van der Waals surface area contributed by atoms with Crippen LogP contribution in [0.25, 0.3) is 0 Å². The molecule has 3 aliphatic rings. The van der Waals surface area contributed by atoms with Crippen molar-refractivity contribution in [1.29, 1.82) is 0 Å². The summed E-state index contributed by atoms with van der Waals surface area (Å²) in [6.07, 6.45) is 7.59. The highest BCUT2D eigenvalue weighted by Crippen LogP contribution is 2.33. The van der Waals surface area contributed by atoms with Crippen molar-refractivity contribution in [2.75, 3.05) is 32.1 Å². The second-order valence-corrected chi connectivity index (χ2v) is 10.8. The summed E-state index contributed by atoms with van der Waals surface area (Å²) in [4.78, 5) is 58.2. The van der Waals surface area contributed by atoms with Crippen molar-refractivity contribution in [3.63, 3.8) is 0 Å². The molecular weight excluding hydrogens is 456 g/mol. The Hall–Kier alpha value is -3.16. The maximum absolute atomic E-state index is 13.7. The largest absolute Gasteiger partial charge is 0.378 e. The number of ketones is 1. The molecule has 0 saturated carbocycles. The molecule has 2 heterocycles. The molecule has 1 aromatic rings. The van der Waals surface area contributed by atoms with Crippen molar-refractivity contribution < 1.29 is 19.2 Å². The Bertz CT molecular complexity index is 1030. The molecule has 2 aliphatic heterocycles. The van der Waals surface area contributed by atoms with E-state index in [9.17, 15) is 19.2 Å². The lowest BCUT2D eigenvalue weighted by atomic mass is 9.93. The van der Waals surface area contributed by atoms with Gasteiger partial charge in [-0.25, -0.2) is 0 Å². The van der Waals surface area contributed by atoms with Crippen LogP contribution in [0.5, 0.6) is 0 Å². The van der Waals surface area contributed by atoms with E-state index in [-0.39, 0.29) is 47.9 Å². The molecule has 36 heavy (non-hydrogen) atoms. The van der Waals surface area contributed by atoms with Gasteiger partial charge in [-0.15, -0.1) is 0 Å². The molecule has 1 N–H and O–H groups in total. The van der Waals surface area contributed by atoms with Gasteiger partial charge in [0, 0.05) is 37.8 Å². The topological polar surface area (TPSA) is 90.0 Å². The van der Waals surface area contributed by atoms with Crippen LogP contribution in [0, 0.1) is 11.8 Å². The number of hydrogen-bond donors (Lipinski definition) is 1. The first-order valence-corrected chi connectivity index (χ1v) is 13.0. The number of carbonyl (C=O) groups excluding carboxylic acids is 4. The van der Waals surface area contributed by atoms with E-state index in [0.29, 0.717) is 31.4 Å². The lowest BCUT2D eigenvalue weighted by Crippen LogP contribution is -2.53. The zero-order valence-electron chi connectivity index (χ0n) is 21.8. The molecular formula is C28H38N4O4. The van der Waals surface area contributed by atoms with Crippen LogP contribution in [0.1, 0.15) is 56.3 Å². The van der Waals surface area contributed by atoms with E-state index in [0.717, 1.165) is 18.5 Å². The molecule has 194 valence electrons. The number of carbonyl (C=O) groups is 4. The quantitative estimate of drug-likeness (QED) is 0.589. The van der Waals surface area contributed by atoms with Gasteiger partial charge in [0.1, 0.15) is 12.1 Å². The van der Waals surface area contributed by atoms with Crippen LogP contribution in [0.2, 0.25) is 0 Å². The second-order valence-electron chi connectivity index (χ2n) is 10.8. The van der Waals surface area contributed by atoms with Crippen molar-refractivity contribution in [1.82, 2.24) is 15.1 Å². The van der Waals surface area contributed by atoms with Crippen molar-refractivity contribution in [2.24, 2.45) is 11.8 Å². The number of nitrogens with one attached hydrogen (secondary N) is 1. The molecule has 2 saturated heterocycles. The molecule has 0 bridgehead atoms. The molecule has 8 nitrogen and oxygen atoms in total. The first kappa shape index (κ1) is 25.9. The van der Waals surface area contributed by atoms with Gasteiger partial charge in [-0.05, 0) is 62.3 Å². The maximum Gasteiger partial charge on any atom is 0.251 e. The summed E-state index contributed by atoms with van der Waals surface area (Å²) < 4.78 is 0. The van der Waals surface area contributed by atoms with Crippen molar-refractivity contribution in [3.05, 3.63) is 42.0 Å². The lowest BCUT2D eigenvalue weighted by molar-refractivity contribution is -0.138. The minimum Gasteiger partial charge on any atom is -0.378 e. The van der Waals surface area contributed by atoms with Gasteiger partial charge in [0.05, 0.1) is 12.6 Å². The molecule has 1 unspecified atom stereocenters. The van der Waals surface area contributed by atoms with Crippen molar-refractivity contribution >= 4 is 29.2 Å². The number of amides is 3. The molecule has 2 fully saturated rings. The molecule has 8 heteroatoms. The fourth-order valence-electron chi connectivity index (χ4n) is 5.66. The van der Waals surface area contributed by atoms with Crippen LogP contribution in [0.4, 0.5) is 5.69 Å². The Morgan fingerprint density at radius 1 is 1.06 bits per heavy atom. The van der Waals surface area contributed by atoms with Gasteiger partial charge in [0.2, 0.25) is 11.8 Å². The standard InChI is InChI=1S/C28H38N4O4/c1-18(2)16-22(29-26(34)19-10-12-21(13-11-19)30(3)4)28(36)31-15-14-23-25(31)24(33)17-32(23)27(35)20-8-6-5-7-9-20/h5-6,10-13,18,20,22-23,25H,7-9,14-17H2,1-4H3,(H,29,34)/t20?,22-,23+,25-/m0/s1. The van der Waals surface area contributed by atoms with Gasteiger partial charge < -0.3 is 20.0 Å². The summed E-state index contributed by atoms with van der Waals surface area (Å²) in [6.45, 7) is 4.49. The number of hydrogen-bond acceptors (Lipinski definition) is 5. The van der Waals surface area contributed by atoms with Gasteiger partial charge in [-0.1, -0.05) is 26.0 Å². The molecule has 3 amide bonds. The molecule has 0 aromatic heterocycles. The van der Waals surface area contributed by atoms with Crippen LogP contribution in [0.15, 0.2) is 36.4 Å². The van der Waals surface area contributed by atoms with E-state index < -0.39 is 12.1 Å². The highest BCUT2D eigenvalue weighted by Gasteiger charge is 2.52. The Morgan fingerprint density at radius 2 is 1.78 bits per heavy atom. The highest BCUT2D eigenvalue weighted by atomic mass is 16.2. The van der Waals surface area contributed by atoms with Gasteiger partial charge in [0.15, 0.2) is 5.78 Å². The molecule has 1 aliphatic carbocycles. The van der Waals surface area contributed by atoms with Gasteiger partial charge in [-0.2, -0.15) is 0 Å². The van der Waals surface area contributed by atoms with Crippen LogP contribution in [-0.4, -0.2) is 78.6 Å². The molecule has 0 spiro atoms. The minimum atomic E-state index is -0.731. The minimum absolute atomic E-state index is 0.0303. The van der Waals surface area contributed by atoms with E-state index in [1.165, 1.54) is 0 Å². The van der Waals surface area contributed by atoms with E-state index in [1.807, 2.05) is 51.1 Å². The summed E-state index contributed by atoms with van der Waals surface area (Å²) in [5, 5.41) is 2.93. The summed E-state index contributed by atoms with van der Waals surface area (Å²) in [6, 6.07) is 5.61. The van der Waals surface area contributed by atoms with Crippen LogP contribution >= 0.6 is 0 Å². The third kappa shape index (κ3) is 5.32. The number of benzene rings is 1. The summed E-state index contributed by atoms with van der Waals surface area (Å²) in [7, 11) is 3.86. The first-order chi connectivity index (χ1) is 17.2. The predicted molar refractivity (Wildman–Crippen MR) is 139 cm³/mol. The number of anilines is 1. The zero-order chi connectivity index (χ0) is 26.0. The van der Waals surface area contributed by atoms with Crippen LogP contribution in [0.3, 0.4) is 0 Å². The number of allylic oxidation sites excluding steroid dienone is 2. The Morgan fingerprint density at radius 3 is 2.39 bits per heavy atom. The first-order valence-electron chi connectivity index (χ1n) is 13.0. The molecule has 4 atom stereocenters. The van der Waals surface area contributed by atoms with Gasteiger partial charge in [0.25, 0.3) is 5.91 Å². The Labute approximate surface area is 213 Å². The summed E-state index contributed by atoms with van der Waals surface area (Å²) >= 11 is 0. The number of rotatable bonds is 7. The SMILES string of the molecule is CC(C)C[C@H](NC(=O)c1ccc(N(C)C)cc1)C(=O)N1CC[C@@H]2[C@H]1C(=O)CN2C(=O)C1CC=CCC1.